The van der Waals surface area contributed by atoms with E-state index in [-0.39, 0.29) is 6.61 Å². The smallest absolute Gasteiger partial charge is 0.342 e. The van der Waals surface area contributed by atoms with E-state index < -0.39 is 5.97 Å². The molecule has 6 heteroatoms. The van der Waals surface area contributed by atoms with Crippen LogP contribution in [0.3, 0.4) is 0 Å². The predicted molar refractivity (Wildman–Crippen MR) is 97.6 cm³/mol. The number of nitrogens with zero attached hydrogens (tertiary/aromatic N) is 4. The molecule has 0 unspecified atom stereocenters. The van der Waals surface area contributed by atoms with Crippen molar-refractivity contribution < 1.29 is 9.53 Å². The van der Waals surface area contributed by atoms with Crippen molar-refractivity contribution in [2.24, 2.45) is 0 Å². The van der Waals surface area contributed by atoms with Gasteiger partial charge in [0, 0.05) is 17.3 Å². The number of benzene rings is 2. The summed E-state index contributed by atoms with van der Waals surface area (Å²) < 4.78 is 6.83. The molecule has 0 amide bonds. The van der Waals surface area contributed by atoms with Crippen molar-refractivity contribution in [2.45, 2.75) is 6.92 Å². The molecule has 2 aromatic heterocycles. The molecule has 26 heavy (non-hydrogen) atoms. The van der Waals surface area contributed by atoms with Gasteiger partial charge in [-0.15, -0.1) is 5.10 Å². The standard InChI is InChI=1S/C20H16N4O2/c1-2-26-20(25)18-17(15-11-7-4-8-12-15)16(14-9-5-3-6-10-14)13-24-19(18)21-22-23-24/h3-13H,2H2,1H3. The Hall–Kier alpha value is -3.54. The average Bonchev–Trinajstić information content (AvgIpc) is 3.16. The first kappa shape index (κ1) is 16.0. The van der Waals surface area contributed by atoms with E-state index in [1.165, 1.54) is 4.52 Å². The number of rotatable bonds is 4. The Labute approximate surface area is 150 Å². The van der Waals surface area contributed by atoms with Crippen LogP contribution < -0.4 is 0 Å². The van der Waals surface area contributed by atoms with Gasteiger partial charge in [0.25, 0.3) is 0 Å². The Morgan fingerprint density at radius 1 is 1.00 bits per heavy atom. The minimum absolute atomic E-state index is 0.274. The molecular formula is C20H16N4O2. The molecule has 0 atom stereocenters. The van der Waals surface area contributed by atoms with E-state index in [4.69, 9.17) is 4.74 Å². The average molecular weight is 344 g/mol. The van der Waals surface area contributed by atoms with Gasteiger partial charge < -0.3 is 4.74 Å². The van der Waals surface area contributed by atoms with E-state index in [0.29, 0.717) is 11.2 Å². The number of pyridine rings is 1. The summed E-state index contributed by atoms with van der Waals surface area (Å²) >= 11 is 0. The lowest BCUT2D eigenvalue weighted by Gasteiger charge is -2.15. The van der Waals surface area contributed by atoms with Gasteiger partial charge in [0.1, 0.15) is 5.56 Å². The van der Waals surface area contributed by atoms with Crippen LogP contribution in [0, 0.1) is 0 Å². The second-order valence-electron chi connectivity index (χ2n) is 5.69. The minimum Gasteiger partial charge on any atom is -0.462 e. The molecular weight excluding hydrogens is 328 g/mol. The highest BCUT2D eigenvalue weighted by Crippen LogP contribution is 2.36. The molecule has 2 aromatic carbocycles. The zero-order valence-electron chi connectivity index (χ0n) is 14.2. The molecule has 4 aromatic rings. The van der Waals surface area contributed by atoms with Gasteiger partial charge in [-0.25, -0.2) is 4.79 Å². The van der Waals surface area contributed by atoms with Crippen LogP contribution in [0.4, 0.5) is 0 Å². The predicted octanol–water partition coefficient (Wildman–Crippen LogP) is 3.64. The van der Waals surface area contributed by atoms with Crippen molar-refractivity contribution in [3.05, 3.63) is 72.4 Å². The van der Waals surface area contributed by atoms with Crippen LogP contribution in [0.15, 0.2) is 66.9 Å². The fourth-order valence-corrected chi connectivity index (χ4v) is 3.02. The third-order valence-electron chi connectivity index (χ3n) is 4.11. The van der Waals surface area contributed by atoms with Gasteiger partial charge in [0.2, 0.25) is 0 Å². The van der Waals surface area contributed by atoms with Gasteiger partial charge in [-0.3, -0.25) is 0 Å². The number of aromatic nitrogens is 4. The fraction of sp³-hybridized carbons (Fsp3) is 0.100. The molecule has 6 nitrogen and oxygen atoms in total. The summed E-state index contributed by atoms with van der Waals surface area (Å²) in [4.78, 5) is 12.8. The van der Waals surface area contributed by atoms with Crippen LogP contribution in [-0.4, -0.2) is 32.6 Å². The van der Waals surface area contributed by atoms with Gasteiger partial charge in [0.15, 0.2) is 5.65 Å². The number of fused-ring (bicyclic) bond motifs is 1. The van der Waals surface area contributed by atoms with Gasteiger partial charge in [-0.2, -0.15) is 4.52 Å². The first-order chi connectivity index (χ1) is 12.8. The molecule has 2 heterocycles. The van der Waals surface area contributed by atoms with Crippen LogP contribution in [0.1, 0.15) is 17.3 Å². The molecule has 0 bridgehead atoms. The van der Waals surface area contributed by atoms with Gasteiger partial charge >= 0.3 is 5.97 Å². The van der Waals surface area contributed by atoms with Crippen LogP contribution in [0.25, 0.3) is 27.9 Å². The third kappa shape index (κ3) is 2.71. The highest BCUT2D eigenvalue weighted by molar-refractivity contribution is 6.06. The first-order valence-electron chi connectivity index (χ1n) is 8.32. The van der Waals surface area contributed by atoms with Gasteiger partial charge in [-0.05, 0) is 28.5 Å². The first-order valence-corrected chi connectivity index (χ1v) is 8.32. The van der Waals surface area contributed by atoms with Crippen molar-refractivity contribution in [3.63, 3.8) is 0 Å². The molecule has 0 fully saturated rings. The number of hydrogen-bond donors (Lipinski definition) is 0. The van der Waals surface area contributed by atoms with Crippen LogP contribution in [-0.2, 0) is 4.74 Å². The Morgan fingerprint density at radius 2 is 1.65 bits per heavy atom. The Morgan fingerprint density at radius 3 is 2.31 bits per heavy atom. The Bertz CT molecular complexity index is 1060. The maximum atomic E-state index is 12.8. The van der Waals surface area contributed by atoms with E-state index in [1.54, 1.807) is 6.92 Å². The highest BCUT2D eigenvalue weighted by atomic mass is 16.5. The van der Waals surface area contributed by atoms with E-state index >= 15 is 0 Å². The van der Waals surface area contributed by atoms with Gasteiger partial charge in [-0.1, -0.05) is 60.7 Å². The lowest BCUT2D eigenvalue weighted by molar-refractivity contribution is 0.0529. The number of carbonyl (C=O) groups is 1. The molecule has 0 saturated heterocycles. The third-order valence-corrected chi connectivity index (χ3v) is 4.11. The van der Waals surface area contributed by atoms with Gasteiger partial charge in [0.05, 0.1) is 6.61 Å². The summed E-state index contributed by atoms with van der Waals surface area (Å²) in [5, 5.41) is 11.8. The van der Waals surface area contributed by atoms with E-state index in [9.17, 15) is 4.79 Å². The highest BCUT2D eigenvalue weighted by Gasteiger charge is 2.24. The molecule has 4 rings (SSSR count). The summed E-state index contributed by atoms with van der Waals surface area (Å²) in [7, 11) is 0. The second-order valence-corrected chi connectivity index (χ2v) is 5.69. The minimum atomic E-state index is -0.441. The zero-order valence-corrected chi connectivity index (χ0v) is 14.2. The largest absolute Gasteiger partial charge is 0.462 e. The zero-order chi connectivity index (χ0) is 17.9. The number of carbonyl (C=O) groups excluding carboxylic acids is 1. The van der Waals surface area contributed by atoms with Crippen LogP contribution >= 0.6 is 0 Å². The van der Waals surface area contributed by atoms with E-state index in [2.05, 4.69) is 15.5 Å². The molecule has 0 aliphatic heterocycles. The molecule has 0 radical (unpaired) electrons. The molecule has 0 spiro atoms. The molecule has 128 valence electrons. The quantitative estimate of drug-likeness (QED) is 0.529. The number of tetrazole rings is 1. The summed E-state index contributed by atoms with van der Waals surface area (Å²) in [5.41, 5.74) is 4.23. The topological polar surface area (TPSA) is 69.4 Å². The number of ether oxygens (including phenoxy) is 1. The normalized spacial score (nSPS) is 10.8. The summed E-state index contributed by atoms with van der Waals surface area (Å²) in [6, 6.07) is 19.6. The molecule has 0 aliphatic carbocycles. The fourth-order valence-electron chi connectivity index (χ4n) is 3.02. The maximum absolute atomic E-state index is 12.8. The van der Waals surface area contributed by atoms with Crippen molar-refractivity contribution in [1.29, 1.82) is 0 Å². The van der Waals surface area contributed by atoms with Crippen molar-refractivity contribution in [1.82, 2.24) is 20.0 Å². The van der Waals surface area contributed by atoms with Crippen LogP contribution in [0.2, 0.25) is 0 Å². The Balaban J connectivity index is 2.11. The van der Waals surface area contributed by atoms with E-state index in [0.717, 1.165) is 22.3 Å². The Kier molecular flexibility index (Phi) is 4.15. The maximum Gasteiger partial charge on any atom is 0.342 e. The van der Waals surface area contributed by atoms with Crippen molar-refractivity contribution in [3.8, 4) is 22.3 Å². The van der Waals surface area contributed by atoms with Crippen LogP contribution in [0.5, 0.6) is 0 Å². The number of esters is 1. The lowest BCUT2D eigenvalue weighted by atomic mass is 9.92. The SMILES string of the molecule is CCOC(=O)c1c(-c2ccccc2)c(-c2ccccc2)cn2nnnc12. The monoisotopic (exact) mass is 344 g/mol. The van der Waals surface area contributed by atoms with Crippen molar-refractivity contribution in [2.75, 3.05) is 6.61 Å². The summed E-state index contributed by atoms with van der Waals surface area (Å²) in [6.45, 7) is 2.05. The lowest BCUT2D eigenvalue weighted by Crippen LogP contribution is -2.11. The summed E-state index contributed by atoms with van der Waals surface area (Å²) in [5.74, 6) is -0.441. The van der Waals surface area contributed by atoms with Crippen molar-refractivity contribution >= 4 is 11.6 Å². The molecule has 0 N–H and O–H groups in total. The number of hydrogen-bond acceptors (Lipinski definition) is 5. The second kappa shape index (κ2) is 6.76. The molecule has 0 saturated carbocycles. The summed E-state index contributed by atoms with van der Waals surface area (Å²) in [6.07, 6.45) is 1.84. The van der Waals surface area contributed by atoms with E-state index in [1.807, 2.05) is 66.9 Å². The molecule has 0 aliphatic rings.